The summed E-state index contributed by atoms with van der Waals surface area (Å²) in [7, 11) is 1.58. The van der Waals surface area contributed by atoms with E-state index in [4.69, 9.17) is 4.74 Å². The van der Waals surface area contributed by atoms with Crippen LogP contribution in [0.4, 0.5) is 5.69 Å². The number of hydrogen-bond donors (Lipinski definition) is 1. The third-order valence-electron chi connectivity index (χ3n) is 4.84. The zero-order chi connectivity index (χ0) is 18.6. The van der Waals surface area contributed by atoms with Crippen molar-refractivity contribution in [2.24, 2.45) is 0 Å². The fourth-order valence-electron chi connectivity index (χ4n) is 3.21. The Bertz CT molecular complexity index is 785. The Balaban J connectivity index is 1.67. The van der Waals surface area contributed by atoms with E-state index >= 15 is 0 Å². The number of likely N-dealkylation sites (N-methyl/N-ethyl adjacent to an activating group) is 1. The monoisotopic (exact) mass is 352 g/mol. The molecule has 0 unspecified atom stereocenters. The lowest BCUT2D eigenvalue weighted by atomic mass is 9.94. The molecule has 0 saturated heterocycles. The highest BCUT2D eigenvalue weighted by atomic mass is 16.5. The second-order valence-corrected chi connectivity index (χ2v) is 6.55. The molecule has 0 bridgehead atoms. The first-order chi connectivity index (χ1) is 12.6. The summed E-state index contributed by atoms with van der Waals surface area (Å²) >= 11 is 0. The Labute approximate surface area is 154 Å². The molecule has 0 aromatic heterocycles. The number of ether oxygens (including phenoxy) is 1. The Morgan fingerprint density at radius 2 is 1.85 bits per heavy atom. The van der Waals surface area contributed by atoms with Gasteiger partial charge in [-0.1, -0.05) is 36.4 Å². The Morgan fingerprint density at radius 3 is 2.46 bits per heavy atom. The molecule has 1 saturated carbocycles. The molecule has 3 rings (SSSR count). The van der Waals surface area contributed by atoms with Gasteiger partial charge >= 0.3 is 0 Å². The smallest absolute Gasteiger partial charge is 0.243 e. The number of benzene rings is 2. The second-order valence-electron chi connectivity index (χ2n) is 6.55. The van der Waals surface area contributed by atoms with Crippen molar-refractivity contribution in [2.45, 2.75) is 25.2 Å². The summed E-state index contributed by atoms with van der Waals surface area (Å²) in [5.41, 5.74) is 1.24. The summed E-state index contributed by atoms with van der Waals surface area (Å²) in [5.74, 6) is 0.497. The third-order valence-corrected chi connectivity index (χ3v) is 4.84. The van der Waals surface area contributed by atoms with Crippen molar-refractivity contribution >= 4 is 17.5 Å². The first-order valence-corrected chi connectivity index (χ1v) is 8.88. The fourth-order valence-corrected chi connectivity index (χ4v) is 3.21. The number of nitrogens with one attached hydrogen (secondary N) is 1. The van der Waals surface area contributed by atoms with Crippen LogP contribution < -0.4 is 10.1 Å². The SMILES string of the molecule is CCN(CC(=O)Nc1cccc(OC)c1)C(=O)C1(c2ccccc2)CC1. The van der Waals surface area contributed by atoms with Crippen molar-refractivity contribution in [2.75, 3.05) is 25.5 Å². The highest BCUT2D eigenvalue weighted by Crippen LogP contribution is 2.49. The maximum atomic E-state index is 13.1. The number of carbonyl (C=O) groups is 2. The van der Waals surface area contributed by atoms with Crippen LogP contribution in [0.2, 0.25) is 0 Å². The minimum absolute atomic E-state index is 0.0343. The maximum Gasteiger partial charge on any atom is 0.243 e. The van der Waals surface area contributed by atoms with Crippen LogP contribution in [0.3, 0.4) is 0 Å². The number of hydrogen-bond acceptors (Lipinski definition) is 3. The van der Waals surface area contributed by atoms with Gasteiger partial charge < -0.3 is 15.0 Å². The molecule has 0 aliphatic heterocycles. The fraction of sp³-hybridized carbons (Fsp3) is 0.333. The summed E-state index contributed by atoms with van der Waals surface area (Å²) in [4.78, 5) is 27.1. The largest absolute Gasteiger partial charge is 0.497 e. The molecule has 26 heavy (non-hydrogen) atoms. The summed E-state index contributed by atoms with van der Waals surface area (Å²) in [6, 6.07) is 17.0. The van der Waals surface area contributed by atoms with Crippen molar-refractivity contribution in [3.05, 3.63) is 60.2 Å². The van der Waals surface area contributed by atoms with Gasteiger partial charge in [-0.05, 0) is 37.5 Å². The number of nitrogens with zero attached hydrogens (tertiary/aromatic N) is 1. The molecular weight excluding hydrogens is 328 g/mol. The summed E-state index contributed by atoms with van der Waals surface area (Å²) in [5, 5.41) is 2.84. The molecule has 0 atom stereocenters. The van der Waals surface area contributed by atoms with E-state index in [2.05, 4.69) is 5.32 Å². The van der Waals surface area contributed by atoms with Crippen molar-refractivity contribution in [3.63, 3.8) is 0 Å². The Morgan fingerprint density at radius 1 is 1.12 bits per heavy atom. The zero-order valence-electron chi connectivity index (χ0n) is 15.2. The average molecular weight is 352 g/mol. The molecule has 1 N–H and O–H groups in total. The Hall–Kier alpha value is -2.82. The van der Waals surface area contributed by atoms with Gasteiger partial charge in [0.1, 0.15) is 5.75 Å². The molecule has 0 heterocycles. The minimum atomic E-state index is -0.451. The molecule has 0 spiro atoms. The van der Waals surface area contributed by atoms with Gasteiger partial charge in [0.15, 0.2) is 0 Å². The molecule has 2 aromatic carbocycles. The quantitative estimate of drug-likeness (QED) is 0.832. The average Bonchev–Trinajstić information content (AvgIpc) is 3.48. The van der Waals surface area contributed by atoms with Gasteiger partial charge in [0, 0.05) is 18.3 Å². The van der Waals surface area contributed by atoms with E-state index in [0.29, 0.717) is 18.0 Å². The number of rotatable bonds is 7. The van der Waals surface area contributed by atoms with Crippen LogP contribution in [-0.4, -0.2) is 36.9 Å². The highest BCUT2D eigenvalue weighted by molar-refractivity contribution is 5.97. The zero-order valence-corrected chi connectivity index (χ0v) is 15.2. The normalized spacial score (nSPS) is 14.4. The number of methoxy groups -OCH3 is 1. The van der Waals surface area contributed by atoms with Gasteiger partial charge in [0.2, 0.25) is 11.8 Å². The molecule has 2 aromatic rings. The number of carbonyl (C=O) groups excluding carboxylic acids is 2. The standard InChI is InChI=1S/C21H24N2O3/c1-3-23(15-19(24)22-17-10-7-11-18(14-17)26-2)20(25)21(12-13-21)16-8-5-4-6-9-16/h4-11,14H,3,12-13,15H2,1-2H3,(H,22,24). The molecule has 0 radical (unpaired) electrons. The maximum absolute atomic E-state index is 13.1. The van der Waals surface area contributed by atoms with E-state index in [-0.39, 0.29) is 18.4 Å². The summed E-state index contributed by atoms with van der Waals surface area (Å²) < 4.78 is 5.16. The van der Waals surface area contributed by atoms with E-state index in [0.717, 1.165) is 18.4 Å². The van der Waals surface area contributed by atoms with Crippen LogP contribution >= 0.6 is 0 Å². The van der Waals surface area contributed by atoms with E-state index in [9.17, 15) is 9.59 Å². The van der Waals surface area contributed by atoms with Crippen LogP contribution in [0.15, 0.2) is 54.6 Å². The molecule has 136 valence electrons. The number of anilines is 1. The summed E-state index contributed by atoms with van der Waals surface area (Å²) in [6.45, 7) is 2.44. The van der Waals surface area contributed by atoms with Gasteiger partial charge in [-0.25, -0.2) is 0 Å². The van der Waals surface area contributed by atoms with Crippen LogP contribution in [0, 0.1) is 0 Å². The summed E-state index contributed by atoms with van der Waals surface area (Å²) in [6.07, 6.45) is 1.67. The van der Waals surface area contributed by atoms with Crippen LogP contribution in [0.1, 0.15) is 25.3 Å². The lowest BCUT2D eigenvalue weighted by Gasteiger charge is -2.26. The van der Waals surface area contributed by atoms with E-state index in [1.165, 1.54) is 0 Å². The first-order valence-electron chi connectivity index (χ1n) is 8.88. The highest BCUT2D eigenvalue weighted by Gasteiger charge is 2.52. The number of amides is 2. The van der Waals surface area contributed by atoms with Gasteiger partial charge in [0.05, 0.1) is 19.1 Å². The first kappa shape index (κ1) is 18.0. The van der Waals surface area contributed by atoms with E-state index < -0.39 is 5.41 Å². The molecule has 1 aliphatic carbocycles. The van der Waals surface area contributed by atoms with Crippen molar-refractivity contribution < 1.29 is 14.3 Å². The lowest BCUT2D eigenvalue weighted by Crippen LogP contribution is -2.43. The van der Waals surface area contributed by atoms with Gasteiger partial charge in [-0.15, -0.1) is 0 Å². The molecule has 5 nitrogen and oxygen atoms in total. The topological polar surface area (TPSA) is 58.6 Å². The van der Waals surface area contributed by atoms with E-state index in [1.807, 2.05) is 49.4 Å². The van der Waals surface area contributed by atoms with Crippen molar-refractivity contribution in [1.82, 2.24) is 4.90 Å². The van der Waals surface area contributed by atoms with Crippen molar-refractivity contribution in [1.29, 1.82) is 0 Å². The molecule has 1 fully saturated rings. The van der Waals surface area contributed by atoms with Crippen LogP contribution in [0.25, 0.3) is 0 Å². The molecular formula is C21H24N2O3. The molecule has 5 heteroatoms. The molecule has 2 amide bonds. The van der Waals surface area contributed by atoms with E-state index in [1.54, 1.807) is 24.1 Å². The van der Waals surface area contributed by atoms with Gasteiger partial charge in [0.25, 0.3) is 0 Å². The predicted molar refractivity (Wildman–Crippen MR) is 101 cm³/mol. The van der Waals surface area contributed by atoms with Crippen LogP contribution in [0.5, 0.6) is 5.75 Å². The van der Waals surface area contributed by atoms with Gasteiger partial charge in [-0.2, -0.15) is 0 Å². The minimum Gasteiger partial charge on any atom is -0.497 e. The Kier molecular flexibility index (Phi) is 5.26. The molecule has 1 aliphatic rings. The predicted octanol–water partition coefficient (Wildman–Crippen LogP) is 3.21. The lowest BCUT2D eigenvalue weighted by molar-refractivity contribution is -0.136. The van der Waals surface area contributed by atoms with Crippen LogP contribution in [-0.2, 0) is 15.0 Å². The second kappa shape index (κ2) is 7.60. The third kappa shape index (κ3) is 3.72. The van der Waals surface area contributed by atoms with Crippen molar-refractivity contribution in [3.8, 4) is 5.75 Å². The van der Waals surface area contributed by atoms with Gasteiger partial charge in [-0.3, -0.25) is 9.59 Å².